The molecule has 0 aliphatic rings. The molecule has 0 radical (unpaired) electrons. The van der Waals surface area contributed by atoms with E-state index in [9.17, 15) is 0 Å². The van der Waals surface area contributed by atoms with Gasteiger partial charge in [-0.05, 0) is 24.5 Å². The molecule has 1 rings (SSSR count). The number of benzene rings is 1. The fourth-order valence-corrected chi connectivity index (χ4v) is 1.30. The quantitative estimate of drug-likeness (QED) is 0.710. The van der Waals surface area contributed by atoms with Crippen molar-refractivity contribution in [2.24, 2.45) is 5.73 Å². The average Bonchev–Trinajstić information content (AvgIpc) is 2.05. The summed E-state index contributed by atoms with van der Waals surface area (Å²) in [5, 5.41) is 8.71. The smallest absolute Gasteiger partial charge is 0.0449 e. The van der Waals surface area contributed by atoms with E-state index in [4.69, 9.17) is 10.8 Å². The SMILES string of the molecule is Cc1ccccc1C(N)CCO. The number of aliphatic hydroxyl groups is 1. The van der Waals surface area contributed by atoms with Gasteiger partial charge in [-0.1, -0.05) is 24.3 Å². The summed E-state index contributed by atoms with van der Waals surface area (Å²) >= 11 is 0. The zero-order valence-electron chi connectivity index (χ0n) is 7.33. The Morgan fingerprint density at radius 3 is 2.67 bits per heavy atom. The molecule has 2 heteroatoms. The summed E-state index contributed by atoms with van der Waals surface area (Å²) in [5.74, 6) is 0. The molecule has 2 nitrogen and oxygen atoms in total. The van der Waals surface area contributed by atoms with Crippen LogP contribution in [0.2, 0.25) is 0 Å². The number of hydrogen-bond donors (Lipinski definition) is 2. The lowest BCUT2D eigenvalue weighted by Crippen LogP contribution is -2.12. The molecule has 0 saturated carbocycles. The van der Waals surface area contributed by atoms with Gasteiger partial charge in [-0.3, -0.25) is 0 Å². The van der Waals surface area contributed by atoms with Crippen molar-refractivity contribution >= 4 is 0 Å². The van der Waals surface area contributed by atoms with Crippen LogP contribution in [0.15, 0.2) is 24.3 Å². The van der Waals surface area contributed by atoms with Crippen molar-refractivity contribution in [3.63, 3.8) is 0 Å². The summed E-state index contributed by atoms with van der Waals surface area (Å²) in [4.78, 5) is 0. The molecule has 0 spiro atoms. The van der Waals surface area contributed by atoms with Crippen molar-refractivity contribution < 1.29 is 5.11 Å². The second kappa shape index (κ2) is 4.24. The highest BCUT2D eigenvalue weighted by Gasteiger charge is 2.06. The summed E-state index contributed by atoms with van der Waals surface area (Å²) in [6.45, 7) is 2.18. The summed E-state index contributed by atoms with van der Waals surface area (Å²) in [5.41, 5.74) is 8.17. The molecule has 0 heterocycles. The summed E-state index contributed by atoms with van der Waals surface area (Å²) in [6.07, 6.45) is 0.630. The van der Waals surface area contributed by atoms with E-state index in [1.54, 1.807) is 0 Å². The maximum absolute atomic E-state index is 8.71. The Balaban J connectivity index is 2.79. The summed E-state index contributed by atoms with van der Waals surface area (Å²) in [7, 11) is 0. The van der Waals surface area contributed by atoms with Crippen molar-refractivity contribution in [2.45, 2.75) is 19.4 Å². The number of rotatable bonds is 3. The lowest BCUT2D eigenvalue weighted by Gasteiger charge is -2.12. The van der Waals surface area contributed by atoms with Crippen LogP contribution in [0, 0.1) is 6.92 Å². The van der Waals surface area contributed by atoms with E-state index in [2.05, 4.69) is 0 Å². The standard InChI is InChI=1S/C10H15NO/c1-8-4-2-3-5-9(8)10(11)6-7-12/h2-5,10,12H,6-7,11H2,1H3. The van der Waals surface area contributed by atoms with E-state index in [1.807, 2.05) is 31.2 Å². The zero-order valence-corrected chi connectivity index (χ0v) is 7.33. The Kier molecular flexibility index (Phi) is 3.26. The minimum absolute atomic E-state index is 0.0313. The van der Waals surface area contributed by atoms with Crippen molar-refractivity contribution in [1.82, 2.24) is 0 Å². The summed E-state index contributed by atoms with van der Waals surface area (Å²) in [6, 6.07) is 7.97. The van der Waals surface area contributed by atoms with Crippen LogP contribution in [0.1, 0.15) is 23.6 Å². The number of aliphatic hydroxyl groups excluding tert-OH is 1. The molecule has 0 bridgehead atoms. The first kappa shape index (κ1) is 9.23. The van der Waals surface area contributed by atoms with E-state index in [-0.39, 0.29) is 12.6 Å². The first-order valence-corrected chi connectivity index (χ1v) is 4.17. The molecule has 0 fully saturated rings. The van der Waals surface area contributed by atoms with Gasteiger partial charge in [-0.15, -0.1) is 0 Å². The fraction of sp³-hybridized carbons (Fsp3) is 0.400. The van der Waals surface area contributed by atoms with Crippen LogP contribution in [0.25, 0.3) is 0 Å². The van der Waals surface area contributed by atoms with Crippen molar-refractivity contribution in [3.05, 3.63) is 35.4 Å². The van der Waals surface area contributed by atoms with Gasteiger partial charge in [0.15, 0.2) is 0 Å². The molecule has 0 amide bonds. The van der Waals surface area contributed by atoms with Gasteiger partial charge in [0.2, 0.25) is 0 Å². The Bertz CT molecular complexity index is 247. The van der Waals surface area contributed by atoms with Gasteiger partial charge in [0.05, 0.1) is 0 Å². The van der Waals surface area contributed by atoms with Crippen LogP contribution in [0.3, 0.4) is 0 Å². The lowest BCUT2D eigenvalue weighted by molar-refractivity contribution is 0.276. The van der Waals surface area contributed by atoms with E-state index >= 15 is 0 Å². The van der Waals surface area contributed by atoms with Crippen LogP contribution >= 0.6 is 0 Å². The minimum atomic E-state index is -0.0313. The maximum atomic E-state index is 8.71. The van der Waals surface area contributed by atoms with Gasteiger partial charge >= 0.3 is 0 Å². The molecule has 66 valence electrons. The van der Waals surface area contributed by atoms with Crippen LogP contribution in [-0.2, 0) is 0 Å². The molecule has 3 N–H and O–H groups in total. The fourth-order valence-electron chi connectivity index (χ4n) is 1.30. The van der Waals surface area contributed by atoms with E-state index in [1.165, 1.54) is 5.56 Å². The highest BCUT2D eigenvalue weighted by molar-refractivity contribution is 5.28. The van der Waals surface area contributed by atoms with E-state index in [0.29, 0.717) is 6.42 Å². The predicted octanol–water partition coefficient (Wildman–Crippen LogP) is 1.38. The van der Waals surface area contributed by atoms with E-state index in [0.717, 1.165) is 5.56 Å². The Morgan fingerprint density at radius 2 is 2.08 bits per heavy atom. The molecule has 0 aliphatic heterocycles. The molecular weight excluding hydrogens is 150 g/mol. The van der Waals surface area contributed by atoms with Crippen molar-refractivity contribution in [3.8, 4) is 0 Å². The van der Waals surface area contributed by atoms with Gasteiger partial charge in [0.1, 0.15) is 0 Å². The topological polar surface area (TPSA) is 46.2 Å². The average molecular weight is 165 g/mol. The maximum Gasteiger partial charge on any atom is 0.0449 e. The first-order valence-electron chi connectivity index (χ1n) is 4.17. The third-order valence-corrected chi connectivity index (χ3v) is 2.03. The number of hydrogen-bond acceptors (Lipinski definition) is 2. The van der Waals surface area contributed by atoms with Crippen molar-refractivity contribution in [1.29, 1.82) is 0 Å². The minimum Gasteiger partial charge on any atom is -0.396 e. The highest BCUT2D eigenvalue weighted by Crippen LogP contribution is 2.17. The summed E-state index contributed by atoms with van der Waals surface area (Å²) < 4.78 is 0. The van der Waals surface area contributed by atoms with E-state index < -0.39 is 0 Å². The van der Waals surface area contributed by atoms with Gasteiger partial charge in [-0.25, -0.2) is 0 Å². The molecule has 1 aromatic rings. The van der Waals surface area contributed by atoms with Gasteiger partial charge in [-0.2, -0.15) is 0 Å². The van der Waals surface area contributed by atoms with Gasteiger partial charge in [0.25, 0.3) is 0 Å². The number of aryl methyl sites for hydroxylation is 1. The molecule has 0 saturated heterocycles. The van der Waals surface area contributed by atoms with Crippen LogP contribution in [0.4, 0.5) is 0 Å². The third-order valence-electron chi connectivity index (χ3n) is 2.03. The van der Waals surface area contributed by atoms with Crippen molar-refractivity contribution in [2.75, 3.05) is 6.61 Å². The molecule has 1 atom stereocenters. The van der Waals surface area contributed by atoms with Crippen LogP contribution in [-0.4, -0.2) is 11.7 Å². The van der Waals surface area contributed by atoms with Gasteiger partial charge < -0.3 is 10.8 Å². The van der Waals surface area contributed by atoms with Gasteiger partial charge in [0, 0.05) is 12.6 Å². The van der Waals surface area contributed by atoms with Crippen LogP contribution < -0.4 is 5.73 Å². The Labute approximate surface area is 73.0 Å². The first-order chi connectivity index (χ1) is 5.75. The Hall–Kier alpha value is -0.860. The monoisotopic (exact) mass is 165 g/mol. The zero-order chi connectivity index (χ0) is 8.97. The lowest BCUT2D eigenvalue weighted by atomic mass is 10.0. The van der Waals surface area contributed by atoms with Crippen LogP contribution in [0.5, 0.6) is 0 Å². The molecular formula is C10H15NO. The molecule has 1 unspecified atom stereocenters. The predicted molar refractivity (Wildman–Crippen MR) is 49.8 cm³/mol. The molecule has 0 aliphatic carbocycles. The number of nitrogens with two attached hydrogens (primary N) is 1. The largest absolute Gasteiger partial charge is 0.396 e. The highest BCUT2D eigenvalue weighted by atomic mass is 16.3. The normalized spacial score (nSPS) is 12.9. The third kappa shape index (κ3) is 2.06. The second-order valence-corrected chi connectivity index (χ2v) is 2.98. The molecule has 0 aromatic heterocycles. The molecule has 12 heavy (non-hydrogen) atoms. The second-order valence-electron chi connectivity index (χ2n) is 2.98. The molecule has 1 aromatic carbocycles. The Morgan fingerprint density at radius 1 is 1.42 bits per heavy atom.